The van der Waals surface area contributed by atoms with Gasteiger partial charge in [-0.15, -0.1) is 0 Å². The Bertz CT molecular complexity index is 837. The first-order valence-corrected chi connectivity index (χ1v) is 7.97. The normalized spacial score (nSPS) is 10.6. The van der Waals surface area contributed by atoms with Gasteiger partial charge in [0.25, 0.3) is 0 Å². The summed E-state index contributed by atoms with van der Waals surface area (Å²) in [6, 6.07) is 5.10. The SMILES string of the molecule is CC.Cc1cc(Br)c2nc3cc(Cl)c(Cl)cc3nc2c1O. The number of halogens is 3. The summed E-state index contributed by atoms with van der Waals surface area (Å²) in [6.07, 6.45) is 0. The predicted octanol–water partition coefficient (Wildman–Crippen LogP) is 5.89. The van der Waals surface area contributed by atoms with Crippen molar-refractivity contribution in [3.63, 3.8) is 0 Å². The number of aromatic hydroxyl groups is 1. The number of hydrogen-bond acceptors (Lipinski definition) is 3. The molecule has 0 bridgehead atoms. The van der Waals surface area contributed by atoms with Crippen LogP contribution >= 0.6 is 39.1 Å². The summed E-state index contributed by atoms with van der Waals surface area (Å²) in [5, 5.41) is 10.9. The molecule has 0 atom stereocenters. The third-order valence-corrected chi connectivity index (χ3v) is 4.20. The Hall–Kier alpha value is -1.10. The molecule has 3 rings (SSSR count). The zero-order valence-corrected chi connectivity index (χ0v) is 14.8. The minimum absolute atomic E-state index is 0.124. The lowest BCUT2D eigenvalue weighted by Gasteiger charge is -2.08. The second-order valence-corrected chi connectivity index (χ2v) is 5.87. The minimum atomic E-state index is 0.124. The van der Waals surface area contributed by atoms with Crippen molar-refractivity contribution in [2.45, 2.75) is 20.8 Å². The van der Waals surface area contributed by atoms with Crippen molar-refractivity contribution in [2.24, 2.45) is 0 Å². The number of aromatic nitrogens is 2. The van der Waals surface area contributed by atoms with Gasteiger partial charge in [0.2, 0.25) is 0 Å². The van der Waals surface area contributed by atoms with Crippen LogP contribution in [0.15, 0.2) is 22.7 Å². The van der Waals surface area contributed by atoms with E-state index in [1.54, 1.807) is 25.1 Å². The van der Waals surface area contributed by atoms with Crippen molar-refractivity contribution in [2.75, 3.05) is 0 Å². The average Bonchev–Trinajstić information content (AvgIpc) is 2.47. The largest absolute Gasteiger partial charge is 0.505 e. The van der Waals surface area contributed by atoms with Gasteiger partial charge in [-0.2, -0.15) is 0 Å². The van der Waals surface area contributed by atoms with Gasteiger partial charge in [-0.1, -0.05) is 37.0 Å². The van der Waals surface area contributed by atoms with Crippen molar-refractivity contribution in [3.05, 3.63) is 38.3 Å². The highest BCUT2D eigenvalue weighted by Gasteiger charge is 2.13. The van der Waals surface area contributed by atoms with Crippen LogP contribution in [0.25, 0.3) is 22.1 Å². The van der Waals surface area contributed by atoms with Gasteiger partial charge in [-0.3, -0.25) is 0 Å². The number of fused-ring (bicyclic) bond motifs is 2. The van der Waals surface area contributed by atoms with Gasteiger partial charge in [0, 0.05) is 4.47 Å². The van der Waals surface area contributed by atoms with E-state index in [0.717, 1.165) is 10.0 Å². The van der Waals surface area contributed by atoms with Crippen LogP contribution in [0.3, 0.4) is 0 Å². The minimum Gasteiger partial charge on any atom is -0.505 e. The zero-order valence-electron chi connectivity index (χ0n) is 11.7. The number of benzene rings is 2. The van der Waals surface area contributed by atoms with E-state index in [1.807, 2.05) is 13.8 Å². The predicted molar refractivity (Wildman–Crippen MR) is 92.5 cm³/mol. The van der Waals surface area contributed by atoms with E-state index in [4.69, 9.17) is 23.2 Å². The third kappa shape index (κ3) is 2.93. The van der Waals surface area contributed by atoms with Gasteiger partial charge in [0.1, 0.15) is 16.8 Å². The summed E-state index contributed by atoms with van der Waals surface area (Å²) in [5.74, 6) is 0.124. The maximum Gasteiger partial charge on any atom is 0.146 e. The standard InChI is InChI=1S/C13H7BrCl2N2O.C2H6/c1-5-2-6(14)11-12(13(5)19)18-10-4-8(16)7(15)3-9(10)17-11;1-2/h2-4,19H,1H3;1-2H3. The molecule has 0 aliphatic heterocycles. The molecule has 1 aromatic heterocycles. The molecule has 6 heteroatoms. The van der Waals surface area contributed by atoms with E-state index < -0.39 is 0 Å². The molecular formula is C15H13BrCl2N2O. The molecule has 0 aliphatic rings. The van der Waals surface area contributed by atoms with Gasteiger partial charge in [0.05, 0.1) is 21.1 Å². The number of phenolic OH excluding ortho intramolecular Hbond substituents is 1. The Morgan fingerprint density at radius 1 is 0.952 bits per heavy atom. The lowest BCUT2D eigenvalue weighted by atomic mass is 10.1. The highest BCUT2D eigenvalue weighted by atomic mass is 79.9. The number of aryl methyl sites for hydroxylation is 1. The van der Waals surface area contributed by atoms with Crippen molar-refractivity contribution in [3.8, 4) is 5.75 Å². The highest BCUT2D eigenvalue weighted by Crippen LogP contribution is 2.34. The molecule has 21 heavy (non-hydrogen) atoms. The highest BCUT2D eigenvalue weighted by molar-refractivity contribution is 9.10. The summed E-state index contributed by atoms with van der Waals surface area (Å²) in [4.78, 5) is 8.88. The fraction of sp³-hybridized carbons (Fsp3) is 0.200. The first-order chi connectivity index (χ1) is 9.97. The summed E-state index contributed by atoms with van der Waals surface area (Å²) < 4.78 is 0.776. The average molecular weight is 388 g/mol. The first kappa shape index (κ1) is 16.3. The van der Waals surface area contributed by atoms with Crippen LogP contribution in [-0.4, -0.2) is 15.1 Å². The Balaban J connectivity index is 0.000000774. The fourth-order valence-corrected chi connectivity index (χ4v) is 2.83. The lowest BCUT2D eigenvalue weighted by molar-refractivity contribution is 0.476. The molecule has 110 valence electrons. The van der Waals surface area contributed by atoms with Gasteiger partial charge in [-0.05, 0) is 46.6 Å². The van der Waals surface area contributed by atoms with Crippen LogP contribution < -0.4 is 0 Å². The summed E-state index contributed by atoms with van der Waals surface area (Å²) in [5.41, 5.74) is 2.99. The van der Waals surface area contributed by atoms with Crippen molar-refractivity contribution < 1.29 is 5.11 Å². The lowest BCUT2D eigenvalue weighted by Crippen LogP contribution is -1.91. The maximum atomic E-state index is 10.1. The Morgan fingerprint density at radius 2 is 1.43 bits per heavy atom. The molecule has 0 unspecified atom stereocenters. The topological polar surface area (TPSA) is 46.0 Å². The zero-order chi connectivity index (χ0) is 15.7. The van der Waals surface area contributed by atoms with E-state index >= 15 is 0 Å². The molecule has 0 aliphatic carbocycles. The number of nitrogens with zero attached hydrogens (tertiary/aromatic N) is 2. The van der Waals surface area contributed by atoms with Gasteiger partial charge < -0.3 is 5.11 Å². The van der Waals surface area contributed by atoms with Crippen LogP contribution in [0.5, 0.6) is 5.75 Å². The van der Waals surface area contributed by atoms with Gasteiger partial charge in [-0.25, -0.2) is 9.97 Å². The van der Waals surface area contributed by atoms with Crippen molar-refractivity contribution >= 4 is 61.2 Å². The Morgan fingerprint density at radius 3 is 1.95 bits per heavy atom. The molecular weight excluding hydrogens is 375 g/mol. The molecule has 0 spiro atoms. The molecule has 1 heterocycles. The summed E-state index contributed by atoms with van der Waals surface area (Å²) >= 11 is 15.4. The molecule has 3 aromatic rings. The van der Waals surface area contributed by atoms with Crippen LogP contribution in [-0.2, 0) is 0 Å². The van der Waals surface area contributed by atoms with E-state index in [0.29, 0.717) is 32.1 Å². The van der Waals surface area contributed by atoms with E-state index in [1.165, 1.54) is 0 Å². The molecule has 0 radical (unpaired) electrons. The molecule has 0 saturated carbocycles. The molecule has 0 saturated heterocycles. The summed E-state index contributed by atoms with van der Waals surface area (Å²) in [7, 11) is 0. The smallest absolute Gasteiger partial charge is 0.146 e. The Labute approximate surface area is 141 Å². The second kappa shape index (κ2) is 6.34. The van der Waals surface area contributed by atoms with Crippen LogP contribution in [0.4, 0.5) is 0 Å². The number of rotatable bonds is 0. The van der Waals surface area contributed by atoms with Crippen LogP contribution in [0.1, 0.15) is 19.4 Å². The first-order valence-electron chi connectivity index (χ1n) is 6.42. The Kier molecular flexibility index (Phi) is 4.91. The van der Waals surface area contributed by atoms with Crippen LogP contribution in [0, 0.1) is 6.92 Å². The van der Waals surface area contributed by atoms with Gasteiger partial charge >= 0.3 is 0 Å². The third-order valence-electron chi connectivity index (χ3n) is 2.87. The number of hydrogen-bond donors (Lipinski definition) is 1. The van der Waals surface area contributed by atoms with E-state index in [2.05, 4.69) is 25.9 Å². The quantitative estimate of drug-likeness (QED) is 0.489. The monoisotopic (exact) mass is 386 g/mol. The van der Waals surface area contributed by atoms with E-state index in [9.17, 15) is 5.11 Å². The maximum absolute atomic E-state index is 10.1. The second-order valence-electron chi connectivity index (χ2n) is 4.20. The van der Waals surface area contributed by atoms with Crippen molar-refractivity contribution in [1.29, 1.82) is 0 Å². The van der Waals surface area contributed by atoms with Crippen molar-refractivity contribution in [1.82, 2.24) is 9.97 Å². The molecule has 0 fully saturated rings. The molecule has 3 nitrogen and oxygen atoms in total. The molecule has 0 amide bonds. The van der Waals surface area contributed by atoms with Crippen LogP contribution in [0.2, 0.25) is 10.0 Å². The molecule has 1 N–H and O–H groups in total. The summed E-state index contributed by atoms with van der Waals surface area (Å²) in [6.45, 7) is 5.81. The van der Waals surface area contributed by atoms with E-state index in [-0.39, 0.29) is 5.75 Å². The number of phenols is 1. The molecule has 2 aromatic carbocycles. The fourth-order valence-electron chi connectivity index (χ4n) is 1.90. The van der Waals surface area contributed by atoms with Gasteiger partial charge in [0.15, 0.2) is 0 Å².